The quantitative estimate of drug-likeness (QED) is 0.809. The molecule has 0 saturated carbocycles. The molecule has 0 bridgehead atoms. The van der Waals surface area contributed by atoms with Gasteiger partial charge in [0, 0.05) is 8.81 Å². The molecule has 5 atom stereocenters. The zero-order valence-corrected chi connectivity index (χ0v) is 12.4. The fourth-order valence-electron chi connectivity index (χ4n) is 2.46. The fraction of sp³-hybridized carbons (Fsp3) is 0.500. The van der Waals surface area contributed by atoms with Crippen molar-refractivity contribution in [2.45, 2.75) is 24.6 Å². The molecule has 1 saturated heterocycles. The normalized spacial score (nSPS) is 31.9. The molecule has 4 unspecified atom stereocenters. The molecule has 0 radical (unpaired) electrons. The maximum atomic E-state index is 14.6. The number of hydrogen-bond donors (Lipinski definition) is 2. The van der Waals surface area contributed by atoms with Gasteiger partial charge in [0.1, 0.15) is 17.9 Å². The van der Waals surface area contributed by atoms with Gasteiger partial charge in [-0.15, -0.1) is 0 Å². The molecule has 2 aliphatic heterocycles. The topological polar surface area (TPSA) is 80.9 Å². The third-order valence-electron chi connectivity index (χ3n) is 3.45. The van der Waals surface area contributed by atoms with Gasteiger partial charge in [-0.25, -0.2) is 14.4 Å². The van der Waals surface area contributed by atoms with Crippen molar-refractivity contribution in [3.63, 3.8) is 0 Å². The van der Waals surface area contributed by atoms with Crippen molar-refractivity contribution in [2.24, 2.45) is 4.99 Å². The summed E-state index contributed by atoms with van der Waals surface area (Å²) in [6.45, 7) is 5.31. The molecule has 7 nitrogen and oxygen atoms in total. The second-order valence-corrected chi connectivity index (χ2v) is 5.33. The Morgan fingerprint density at radius 2 is 2.48 bits per heavy atom. The summed E-state index contributed by atoms with van der Waals surface area (Å²) in [5, 5.41) is 12.2. The van der Waals surface area contributed by atoms with Gasteiger partial charge >= 0.3 is 0 Å². The lowest BCUT2D eigenvalue weighted by atomic mass is 10.1. The van der Waals surface area contributed by atoms with Gasteiger partial charge in [-0.2, -0.15) is 0 Å². The van der Waals surface area contributed by atoms with Crippen molar-refractivity contribution in [2.75, 3.05) is 13.3 Å². The van der Waals surface area contributed by atoms with E-state index in [-0.39, 0.29) is 15.4 Å². The zero-order valence-electron chi connectivity index (χ0n) is 11.4. The molecule has 3 rings (SSSR count). The van der Waals surface area contributed by atoms with Gasteiger partial charge in [-0.3, -0.25) is 4.57 Å². The number of aromatic nitrogens is 2. The monoisotopic (exact) mass is 314 g/mol. The van der Waals surface area contributed by atoms with Crippen LogP contribution in [0.4, 0.5) is 10.2 Å². The highest BCUT2D eigenvalue weighted by atomic mass is 31.1. The molecule has 0 spiro atoms. The van der Waals surface area contributed by atoms with Crippen molar-refractivity contribution >= 4 is 26.7 Å². The second kappa shape index (κ2) is 5.81. The minimum absolute atomic E-state index is 0.114. The molecule has 0 amide bonds. The third-order valence-corrected chi connectivity index (χ3v) is 3.96. The van der Waals surface area contributed by atoms with E-state index in [9.17, 15) is 9.50 Å². The summed E-state index contributed by atoms with van der Waals surface area (Å²) in [5.41, 5.74) is 1.14. The third kappa shape index (κ3) is 2.38. The van der Waals surface area contributed by atoms with E-state index in [0.717, 1.165) is 0 Å². The maximum Gasteiger partial charge on any atom is 0.174 e. The lowest BCUT2D eigenvalue weighted by molar-refractivity contribution is -0.0433. The summed E-state index contributed by atoms with van der Waals surface area (Å²) < 4.78 is 27.1. The molecule has 2 aliphatic rings. The van der Waals surface area contributed by atoms with Gasteiger partial charge in [-0.05, 0) is 6.66 Å². The van der Waals surface area contributed by atoms with Gasteiger partial charge in [0.25, 0.3) is 0 Å². The summed E-state index contributed by atoms with van der Waals surface area (Å²) in [6, 6.07) is 0. The van der Waals surface area contributed by atoms with Crippen LogP contribution in [0.25, 0.3) is 5.70 Å². The summed E-state index contributed by atoms with van der Waals surface area (Å²) >= 11 is 0. The Balaban J connectivity index is 1.92. The second-order valence-electron chi connectivity index (χ2n) is 4.68. The molecule has 114 valence electrons. The van der Waals surface area contributed by atoms with Crippen molar-refractivity contribution in [3.05, 3.63) is 18.6 Å². The molecule has 21 heavy (non-hydrogen) atoms. The van der Waals surface area contributed by atoms with Crippen LogP contribution in [-0.4, -0.2) is 52.6 Å². The standard InChI is InChI=1S/C12H16FN4O3P/c1-6-9-11(15-4-14-6)17(5-16-9)12-8(13)10(20-21-2)7(3-18)19-12/h4-5,7-8,10,12,18,21H,1,3H2,2H3,(H,14,15)/t7-,8?,10?,12?/m1/s1. The number of rotatable bonds is 4. The molecule has 1 aromatic heterocycles. The first-order valence-electron chi connectivity index (χ1n) is 6.45. The number of nitrogens with one attached hydrogen (secondary N) is 1. The zero-order chi connectivity index (χ0) is 15.0. The average Bonchev–Trinajstić information content (AvgIpc) is 3.03. The van der Waals surface area contributed by atoms with Gasteiger partial charge < -0.3 is 19.7 Å². The van der Waals surface area contributed by atoms with Gasteiger partial charge in [-0.1, -0.05) is 6.58 Å². The molecule has 9 heteroatoms. The molecular formula is C12H16FN4O3P. The highest BCUT2D eigenvalue weighted by Crippen LogP contribution is 2.39. The highest BCUT2D eigenvalue weighted by Gasteiger charge is 2.47. The van der Waals surface area contributed by atoms with Gasteiger partial charge in [0.15, 0.2) is 18.2 Å². The Hall–Kier alpha value is -1.34. The van der Waals surface area contributed by atoms with Gasteiger partial charge in [0.05, 0.1) is 25.0 Å². The van der Waals surface area contributed by atoms with E-state index in [1.165, 1.54) is 17.2 Å². The largest absolute Gasteiger partial charge is 0.394 e. The number of aliphatic hydroxyl groups is 1. The Morgan fingerprint density at radius 3 is 3.19 bits per heavy atom. The number of halogens is 1. The van der Waals surface area contributed by atoms with E-state index < -0.39 is 24.6 Å². The Labute approximate surface area is 122 Å². The summed E-state index contributed by atoms with van der Waals surface area (Å²) in [6.07, 6.45) is -0.910. The van der Waals surface area contributed by atoms with Crippen LogP contribution in [0.1, 0.15) is 11.9 Å². The van der Waals surface area contributed by atoms with Crippen LogP contribution >= 0.6 is 8.81 Å². The Morgan fingerprint density at radius 1 is 1.67 bits per heavy atom. The number of aliphatic imine (C=N–C) groups is 1. The highest BCUT2D eigenvalue weighted by molar-refractivity contribution is 7.31. The van der Waals surface area contributed by atoms with Crippen molar-refractivity contribution in [3.8, 4) is 0 Å². The van der Waals surface area contributed by atoms with Crippen LogP contribution in [-0.2, 0) is 9.26 Å². The maximum absolute atomic E-state index is 14.6. The summed E-state index contributed by atoms with van der Waals surface area (Å²) in [4.78, 5) is 8.34. The summed E-state index contributed by atoms with van der Waals surface area (Å²) in [5.74, 6) is 0.475. The van der Waals surface area contributed by atoms with Crippen molar-refractivity contribution in [1.29, 1.82) is 0 Å². The lowest BCUT2D eigenvalue weighted by Gasteiger charge is -2.18. The number of alkyl halides is 1. The van der Waals surface area contributed by atoms with E-state index in [1.54, 1.807) is 6.66 Å². The van der Waals surface area contributed by atoms with E-state index in [2.05, 4.69) is 21.9 Å². The SMILES string of the molecule is C=C1NC=Nc2c1ncn2C1O[C@H](CO)C(OPC)C1F. The number of nitrogens with zero attached hydrogens (tertiary/aromatic N) is 3. The smallest absolute Gasteiger partial charge is 0.174 e. The molecule has 1 fully saturated rings. The van der Waals surface area contributed by atoms with E-state index in [1.807, 2.05) is 0 Å². The van der Waals surface area contributed by atoms with Crippen LogP contribution in [0.3, 0.4) is 0 Å². The first-order valence-corrected chi connectivity index (χ1v) is 7.86. The first-order chi connectivity index (χ1) is 10.2. The Bertz CT molecular complexity index is 579. The summed E-state index contributed by atoms with van der Waals surface area (Å²) in [7, 11) is 0.114. The minimum Gasteiger partial charge on any atom is -0.394 e. The molecular weight excluding hydrogens is 298 g/mol. The van der Waals surface area contributed by atoms with Crippen LogP contribution in [0, 0.1) is 0 Å². The predicted octanol–water partition coefficient (Wildman–Crippen LogP) is 0.953. The first kappa shape index (κ1) is 14.6. The van der Waals surface area contributed by atoms with E-state index in [4.69, 9.17) is 9.26 Å². The van der Waals surface area contributed by atoms with Crippen LogP contribution in [0.15, 0.2) is 17.9 Å². The van der Waals surface area contributed by atoms with Crippen LogP contribution in [0.5, 0.6) is 0 Å². The lowest BCUT2D eigenvalue weighted by Crippen LogP contribution is -2.31. The predicted molar refractivity (Wildman–Crippen MR) is 77.6 cm³/mol. The molecule has 1 aromatic rings. The molecule has 3 heterocycles. The van der Waals surface area contributed by atoms with Crippen molar-refractivity contribution in [1.82, 2.24) is 14.9 Å². The fourth-order valence-corrected chi connectivity index (χ4v) is 3.02. The van der Waals surface area contributed by atoms with Crippen LogP contribution < -0.4 is 5.32 Å². The van der Waals surface area contributed by atoms with E-state index in [0.29, 0.717) is 17.2 Å². The average molecular weight is 314 g/mol. The van der Waals surface area contributed by atoms with Crippen molar-refractivity contribution < 1.29 is 18.8 Å². The number of fused-ring (bicyclic) bond motifs is 1. The number of ether oxygens (including phenoxy) is 1. The number of hydrogen-bond acceptors (Lipinski definition) is 6. The Kier molecular flexibility index (Phi) is 4.03. The molecule has 2 N–H and O–H groups in total. The molecule has 0 aliphatic carbocycles. The van der Waals surface area contributed by atoms with E-state index >= 15 is 0 Å². The molecule has 0 aromatic carbocycles. The van der Waals surface area contributed by atoms with Gasteiger partial charge in [0.2, 0.25) is 0 Å². The van der Waals surface area contributed by atoms with Crippen LogP contribution in [0.2, 0.25) is 0 Å². The number of imidazole rings is 1. The minimum atomic E-state index is -1.41. The number of aliphatic hydroxyl groups excluding tert-OH is 1.